The van der Waals surface area contributed by atoms with Crippen LogP contribution in [0, 0.1) is 10.1 Å². The van der Waals surface area contributed by atoms with Gasteiger partial charge in [0.15, 0.2) is 11.0 Å². The molecule has 0 spiro atoms. The maximum Gasteiger partial charge on any atom is 0.273 e. The molecule has 6 nitrogen and oxygen atoms in total. The van der Waals surface area contributed by atoms with E-state index in [1.807, 2.05) is 29.8 Å². The summed E-state index contributed by atoms with van der Waals surface area (Å²) in [4.78, 5) is 10.7. The molecule has 0 aliphatic rings. The molecule has 0 N–H and O–H groups in total. The minimum atomic E-state index is -0.373. The minimum absolute atomic E-state index is 0.110. The van der Waals surface area contributed by atoms with E-state index in [0.29, 0.717) is 27.3 Å². The van der Waals surface area contributed by atoms with Gasteiger partial charge in [0, 0.05) is 30.0 Å². The SMILES string of the molecule is Cn1c(SCc2ccccc2[N+](=O)[O-])nnc1-c1ccccc1Cl. The lowest BCUT2D eigenvalue weighted by molar-refractivity contribution is -0.385. The molecule has 0 bridgehead atoms. The van der Waals surface area contributed by atoms with E-state index in [0.717, 1.165) is 5.56 Å². The Morgan fingerprint density at radius 3 is 2.62 bits per heavy atom. The Labute approximate surface area is 147 Å². The summed E-state index contributed by atoms with van der Waals surface area (Å²) in [6, 6.07) is 14.1. The van der Waals surface area contributed by atoms with E-state index in [2.05, 4.69) is 10.2 Å². The number of nitrogens with zero attached hydrogens (tertiary/aromatic N) is 4. The number of rotatable bonds is 5. The molecule has 0 aliphatic carbocycles. The van der Waals surface area contributed by atoms with Crippen LogP contribution < -0.4 is 0 Å². The maximum atomic E-state index is 11.1. The first-order chi connectivity index (χ1) is 11.6. The van der Waals surface area contributed by atoms with Gasteiger partial charge in [0.25, 0.3) is 5.69 Å². The number of hydrogen-bond donors (Lipinski definition) is 0. The molecule has 0 unspecified atom stereocenters. The third-order valence-electron chi connectivity index (χ3n) is 3.49. The van der Waals surface area contributed by atoms with Gasteiger partial charge >= 0.3 is 0 Å². The zero-order chi connectivity index (χ0) is 17.1. The topological polar surface area (TPSA) is 73.8 Å². The van der Waals surface area contributed by atoms with E-state index < -0.39 is 0 Å². The van der Waals surface area contributed by atoms with Crippen LogP contribution >= 0.6 is 23.4 Å². The Kier molecular flexibility index (Phi) is 4.82. The van der Waals surface area contributed by atoms with Crippen LogP contribution in [0.15, 0.2) is 53.7 Å². The minimum Gasteiger partial charge on any atom is -0.305 e. The van der Waals surface area contributed by atoms with E-state index in [4.69, 9.17) is 11.6 Å². The molecule has 122 valence electrons. The lowest BCUT2D eigenvalue weighted by atomic mass is 10.2. The second-order valence-electron chi connectivity index (χ2n) is 5.02. The van der Waals surface area contributed by atoms with Gasteiger partial charge in [0.05, 0.1) is 9.95 Å². The molecule has 0 saturated carbocycles. The molecule has 0 atom stereocenters. The highest BCUT2D eigenvalue weighted by molar-refractivity contribution is 7.98. The number of nitro benzene ring substituents is 1. The molecule has 3 rings (SSSR count). The highest BCUT2D eigenvalue weighted by atomic mass is 35.5. The highest BCUT2D eigenvalue weighted by Crippen LogP contribution is 2.30. The summed E-state index contributed by atoms with van der Waals surface area (Å²) in [7, 11) is 1.85. The average molecular weight is 361 g/mol. The molecule has 0 fully saturated rings. The third kappa shape index (κ3) is 3.27. The summed E-state index contributed by atoms with van der Waals surface area (Å²) in [5.41, 5.74) is 1.56. The summed E-state index contributed by atoms with van der Waals surface area (Å²) in [6.45, 7) is 0. The number of aromatic nitrogens is 3. The van der Waals surface area contributed by atoms with Gasteiger partial charge in [-0.1, -0.05) is 53.7 Å². The van der Waals surface area contributed by atoms with Crippen molar-refractivity contribution in [1.82, 2.24) is 14.8 Å². The highest BCUT2D eigenvalue weighted by Gasteiger charge is 2.16. The second kappa shape index (κ2) is 7.02. The van der Waals surface area contributed by atoms with E-state index in [9.17, 15) is 10.1 Å². The molecule has 0 amide bonds. The van der Waals surface area contributed by atoms with E-state index >= 15 is 0 Å². The van der Waals surface area contributed by atoms with Crippen molar-refractivity contribution in [2.45, 2.75) is 10.9 Å². The fourth-order valence-corrected chi connectivity index (χ4v) is 3.40. The maximum absolute atomic E-state index is 11.1. The molecule has 0 aliphatic heterocycles. The van der Waals surface area contributed by atoms with Crippen molar-refractivity contribution < 1.29 is 4.92 Å². The molecule has 0 radical (unpaired) electrons. The number of benzene rings is 2. The second-order valence-corrected chi connectivity index (χ2v) is 6.37. The first kappa shape index (κ1) is 16.5. The van der Waals surface area contributed by atoms with Crippen LogP contribution in [-0.2, 0) is 12.8 Å². The van der Waals surface area contributed by atoms with Crippen LogP contribution in [0.2, 0.25) is 5.02 Å². The van der Waals surface area contributed by atoms with Crippen molar-refractivity contribution in [2.24, 2.45) is 7.05 Å². The number of hydrogen-bond acceptors (Lipinski definition) is 5. The predicted octanol–water partition coefficient (Wildman–Crippen LogP) is 4.34. The lowest BCUT2D eigenvalue weighted by Gasteiger charge is -2.05. The van der Waals surface area contributed by atoms with Crippen LogP contribution in [0.1, 0.15) is 5.56 Å². The normalized spacial score (nSPS) is 10.8. The summed E-state index contributed by atoms with van der Waals surface area (Å²) >= 11 is 7.60. The molecule has 1 heterocycles. The molecular formula is C16H13ClN4O2S. The summed E-state index contributed by atoms with van der Waals surface area (Å²) in [5.74, 6) is 1.09. The Hall–Kier alpha value is -2.38. The Balaban J connectivity index is 1.83. The molecular weight excluding hydrogens is 348 g/mol. The molecule has 1 aromatic heterocycles. The fourth-order valence-electron chi connectivity index (χ4n) is 2.27. The van der Waals surface area contributed by atoms with E-state index in [1.165, 1.54) is 17.8 Å². The van der Waals surface area contributed by atoms with Gasteiger partial charge in [-0.05, 0) is 12.1 Å². The predicted molar refractivity (Wildman–Crippen MR) is 94.1 cm³/mol. The van der Waals surface area contributed by atoms with Gasteiger partial charge < -0.3 is 4.57 Å². The van der Waals surface area contributed by atoms with Gasteiger partial charge in [-0.2, -0.15) is 0 Å². The molecule has 24 heavy (non-hydrogen) atoms. The van der Waals surface area contributed by atoms with E-state index in [1.54, 1.807) is 24.3 Å². The number of halogens is 1. The monoisotopic (exact) mass is 360 g/mol. The van der Waals surface area contributed by atoms with Crippen LogP contribution in [0.25, 0.3) is 11.4 Å². The van der Waals surface area contributed by atoms with Gasteiger partial charge in [-0.15, -0.1) is 10.2 Å². The quantitative estimate of drug-likeness (QED) is 0.384. The van der Waals surface area contributed by atoms with Crippen molar-refractivity contribution in [2.75, 3.05) is 0 Å². The van der Waals surface area contributed by atoms with Crippen LogP contribution in [0.4, 0.5) is 5.69 Å². The van der Waals surface area contributed by atoms with Crippen molar-refractivity contribution in [3.05, 3.63) is 69.2 Å². The zero-order valence-electron chi connectivity index (χ0n) is 12.7. The van der Waals surface area contributed by atoms with Crippen LogP contribution in [-0.4, -0.2) is 19.7 Å². The molecule has 3 aromatic rings. The van der Waals surface area contributed by atoms with Gasteiger partial charge in [0.2, 0.25) is 0 Å². The first-order valence-electron chi connectivity index (χ1n) is 7.07. The number of thioether (sulfide) groups is 1. The largest absolute Gasteiger partial charge is 0.305 e. The van der Waals surface area contributed by atoms with Crippen LogP contribution in [0.3, 0.4) is 0 Å². The summed E-state index contributed by atoms with van der Waals surface area (Å²) < 4.78 is 1.83. The Bertz CT molecular complexity index is 897. The molecule has 2 aromatic carbocycles. The Morgan fingerprint density at radius 2 is 1.88 bits per heavy atom. The summed E-state index contributed by atoms with van der Waals surface area (Å²) in [6.07, 6.45) is 0. The van der Waals surface area contributed by atoms with Gasteiger partial charge in [0.1, 0.15) is 0 Å². The van der Waals surface area contributed by atoms with Crippen molar-refractivity contribution in [3.63, 3.8) is 0 Å². The van der Waals surface area contributed by atoms with Gasteiger partial charge in [-0.3, -0.25) is 10.1 Å². The fraction of sp³-hybridized carbons (Fsp3) is 0.125. The van der Waals surface area contributed by atoms with Crippen molar-refractivity contribution in [1.29, 1.82) is 0 Å². The van der Waals surface area contributed by atoms with Crippen molar-refractivity contribution >= 4 is 29.1 Å². The summed E-state index contributed by atoms with van der Waals surface area (Å²) in [5, 5.41) is 20.7. The lowest BCUT2D eigenvalue weighted by Crippen LogP contribution is -1.97. The average Bonchev–Trinajstić information content (AvgIpc) is 2.94. The first-order valence-corrected chi connectivity index (χ1v) is 8.43. The smallest absolute Gasteiger partial charge is 0.273 e. The van der Waals surface area contributed by atoms with Gasteiger partial charge in [-0.25, -0.2) is 0 Å². The third-order valence-corrected chi connectivity index (χ3v) is 4.89. The molecule has 0 saturated heterocycles. The standard InChI is InChI=1S/C16H13ClN4O2S/c1-20-15(12-7-3-4-8-13(12)17)18-19-16(20)24-10-11-6-2-5-9-14(11)21(22)23/h2-9H,10H2,1H3. The van der Waals surface area contributed by atoms with Crippen LogP contribution in [0.5, 0.6) is 0 Å². The Morgan fingerprint density at radius 1 is 1.17 bits per heavy atom. The van der Waals surface area contributed by atoms with E-state index in [-0.39, 0.29) is 10.6 Å². The number of para-hydroxylation sites is 1. The molecule has 8 heteroatoms. The number of nitro groups is 1. The van der Waals surface area contributed by atoms with Crippen molar-refractivity contribution in [3.8, 4) is 11.4 Å². The zero-order valence-corrected chi connectivity index (χ0v) is 14.3.